The topological polar surface area (TPSA) is 56.1 Å². The molecule has 0 N–H and O–H groups in total. The molecule has 1 aliphatic heterocycles. The van der Waals surface area contributed by atoms with Gasteiger partial charge in [0.15, 0.2) is 11.6 Å². The van der Waals surface area contributed by atoms with Gasteiger partial charge in [0.2, 0.25) is 5.95 Å². The van der Waals surface area contributed by atoms with E-state index in [0.717, 1.165) is 5.69 Å². The molecule has 7 heteroatoms. The normalized spacial score (nSPS) is 15.8. The fourth-order valence-corrected chi connectivity index (χ4v) is 1.98. The van der Waals surface area contributed by atoms with Gasteiger partial charge in [-0.3, -0.25) is 4.57 Å². The number of ether oxygens (including phenoxy) is 1. The molecule has 3 rings (SSSR count). The molecule has 19 heavy (non-hydrogen) atoms. The van der Waals surface area contributed by atoms with Gasteiger partial charge in [0.1, 0.15) is 6.33 Å². The Kier molecular flexibility index (Phi) is 3.12. The maximum Gasteiger partial charge on any atom is 0.227 e. The SMILES string of the molecule is Cc1cn(-c2nc(N3CCOCC3)ncc2F)cn1. The van der Waals surface area contributed by atoms with E-state index in [0.29, 0.717) is 32.3 Å². The first-order chi connectivity index (χ1) is 9.24. The highest BCUT2D eigenvalue weighted by molar-refractivity contribution is 5.36. The Labute approximate surface area is 109 Å². The van der Waals surface area contributed by atoms with Crippen LogP contribution in [0.2, 0.25) is 0 Å². The van der Waals surface area contributed by atoms with E-state index in [2.05, 4.69) is 15.0 Å². The Bertz CT molecular complexity index is 579. The Balaban J connectivity index is 1.95. The maximum absolute atomic E-state index is 13.8. The first-order valence-corrected chi connectivity index (χ1v) is 6.10. The van der Waals surface area contributed by atoms with Gasteiger partial charge in [0.25, 0.3) is 0 Å². The molecule has 2 aromatic rings. The summed E-state index contributed by atoms with van der Waals surface area (Å²) in [6, 6.07) is 0. The molecule has 0 bridgehead atoms. The molecule has 0 unspecified atom stereocenters. The van der Waals surface area contributed by atoms with Crippen molar-refractivity contribution in [3.63, 3.8) is 0 Å². The Hall–Kier alpha value is -2.02. The van der Waals surface area contributed by atoms with Crippen molar-refractivity contribution in [2.75, 3.05) is 31.2 Å². The summed E-state index contributed by atoms with van der Waals surface area (Å²) in [5.41, 5.74) is 0.811. The van der Waals surface area contributed by atoms with Gasteiger partial charge in [-0.05, 0) is 6.92 Å². The second kappa shape index (κ2) is 4.93. The summed E-state index contributed by atoms with van der Waals surface area (Å²) in [7, 11) is 0. The second-order valence-corrected chi connectivity index (χ2v) is 4.36. The van der Waals surface area contributed by atoms with Crippen LogP contribution in [0.5, 0.6) is 0 Å². The van der Waals surface area contributed by atoms with E-state index in [1.807, 2.05) is 11.8 Å². The Morgan fingerprint density at radius 3 is 2.74 bits per heavy atom. The summed E-state index contributed by atoms with van der Waals surface area (Å²) < 4.78 is 20.7. The van der Waals surface area contributed by atoms with Crippen LogP contribution in [0.3, 0.4) is 0 Å². The van der Waals surface area contributed by atoms with Gasteiger partial charge in [-0.2, -0.15) is 4.98 Å². The van der Waals surface area contributed by atoms with Crippen molar-refractivity contribution >= 4 is 5.95 Å². The molecule has 1 aliphatic rings. The summed E-state index contributed by atoms with van der Waals surface area (Å²) in [6.07, 6.45) is 4.47. The smallest absolute Gasteiger partial charge is 0.227 e. The van der Waals surface area contributed by atoms with E-state index in [9.17, 15) is 4.39 Å². The molecule has 0 amide bonds. The van der Waals surface area contributed by atoms with Crippen LogP contribution in [0.4, 0.5) is 10.3 Å². The lowest BCUT2D eigenvalue weighted by Gasteiger charge is -2.26. The summed E-state index contributed by atoms with van der Waals surface area (Å²) in [4.78, 5) is 14.4. The predicted molar refractivity (Wildman–Crippen MR) is 66.9 cm³/mol. The molecule has 6 nitrogen and oxygen atoms in total. The minimum atomic E-state index is -0.464. The van der Waals surface area contributed by atoms with E-state index in [1.165, 1.54) is 6.20 Å². The van der Waals surface area contributed by atoms with E-state index >= 15 is 0 Å². The number of aryl methyl sites for hydroxylation is 1. The zero-order chi connectivity index (χ0) is 13.2. The van der Waals surface area contributed by atoms with Gasteiger partial charge in [0, 0.05) is 19.3 Å². The maximum atomic E-state index is 13.8. The fourth-order valence-electron chi connectivity index (χ4n) is 1.98. The first kappa shape index (κ1) is 12.0. The first-order valence-electron chi connectivity index (χ1n) is 6.10. The highest BCUT2D eigenvalue weighted by Gasteiger charge is 2.16. The predicted octanol–water partition coefficient (Wildman–Crippen LogP) is 0.946. The lowest BCUT2D eigenvalue weighted by atomic mass is 10.4. The third-order valence-electron chi connectivity index (χ3n) is 2.96. The van der Waals surface area contributed by atoms with Crippen molar-refractivity contribution in [2.45, 2.75) is 6.92 Å². The number of morpholine rings is 1. The van der Waals surface area contributed by atoms with Crippen LogP contribution in [0, 0.1) is 12.7 Å². The molecular formula is C12H14FN5O. The van der Waals surface area contributed by atoms with Crippen molar-refractivity contribution in [2.24, 2.45) is 0 Å². The molecule has 0 atom stereocenters. The molecule has 2 aromatic heterocycles. The lowest BCUT2D eigenvalue weighted by molar-refractivity contribution is 0.122. The lowest BCUT2D eigenvalue weighted by Crippen LogP contribution is -2.37. The number of rotatable bonds is 2. The molecular weight excluding hydrogens is 249 g/mol. The summed E-state index contributed by atoms with van der Waals surface area (Å²) in [5, 5.41) is 0. The zero-order valence-corrected chi connectivity index (χ0v) is 10.6. The number of imidazole rings is 1. The van der Waals surface area contributed by atoms with Crippen LogP contribution < -0.4 is 4.90 Å². The summed E-state index contributed by atoms with van der Waals surface area (Å²) >= 11 is 0. The molecule has 1 saturated heterocycles. The molecule has 3 heterocycles. The number of nitrogens with zero attached hydrogens (tertiary/aromatic N) is 5. The van der Waals surface area contributed by atoms with Gasteiger partial charge in [0.05, 0.1) is 25.1 Å². The van der Waals surface area contributed by atoms with Gasteiger partial charge >= 0.3 is 0 Å². The second-order valence-electron chi connectivity index (χ2n) is 4.36. The van der Waals surface area contributed by atoms with Gasteiger partial charge < -0.3 is 9.64 Å². The minimum Gasteiger partial charge on any atom is -0.378 e. The molecule has 0 spiro atoms. The number of anilines is 1. The van der Waals surface area contributed by atoms with E-state index in [4.69, 9.17) is 4.74 Å². The number of aromatic nitrogens is 4. The largest absolute Gasteiger partial charge is 0.378 e. The molecule has 100 valence electrons. The molecule has 0 saturated carbocycles. The monoisotopic (exact) mass is 263 g/mol. The van der Waals surface area contributed by atoms with Crippen LogP contribution in [0.1, 0.15) is 5.69 Å². The molecule has 0 aromatic carbocycles. The third-order valence-corrected chi connectivity index (χ3v) is 2.96. The quantitative estimate of drug-likeness (QED) is 0.807. The van der Waals surface area contributed by atoms with Crippen molar-refractivity contribution < 1.29 is 9.13 Å². The number of hydrogen-bond acceptors (Lipinski definition) is 5. The fraction of sp³-hybridized carbons (Fsp3) is 0.417. The van der Waals surface area contributed by atoms with E-state index in [-0.39, 0.29) is 5.82 Å². The van der Waals surface area contributed by atoms with Crippen molar-refractivity contribution in [1.82, 2.24) is 19.5 Å². The molecule has 1 fully saturated rings. The van der Waals surface area contributed by atoms with Crippen LogP contribution >= 0.6 is 0 Å². The summed E-state index contributed by atoms with van der Waals surface area (Å²) in [6.45, 7) is 4.56. The average Bonchev–Trinajstić information content (AvgIpc) is 2.87. The van der Waals surface area contributed by atoms with Crippen LogP contribution in [-0.2, 0) is 4.74 Å². The minimum absolute atomic E-state index is 0.220. The van der Waals surface area contributed by atoms with Gasteiger partial charge in [-0.1, -0.05) is 0 Å². The molecule has 0 radical (unpaired) electrons. The zero-order valence-electron chi connectivity index (χ0n) is 10.6. The Morgan fingerprint density at radius 1 is 1.26 bits per heavy atom. The van der Waals surface area contributed by atoms with Crippen molar-refractivity contribution in [3.05, 3.63) is 30.2 Å². The van der Waals surface area contributed by atoms with Crippen LogP contribution in [0.15, 0.2) is 18.7 Å². The Morgan fingerprint density at radius 2 is 2.05 bits per heavy atom. The number of hydrogen-bond donors (Lipinski definition) is 0. The van der Waals surface area contributed by atoms with E-state index in [1.54, 1.807) is 17.1 Å². The highest BCUT2D eigenvalue weighted by Crippen LogP contribution is 2.15. The molecule has 0 aliphatic carbocycles. The third kappa shape index (κ3) is 2.41. The average molecular weight is 263 g/mol. The van der Waals surface area contributed by atoms with Crippen molar-refractivity contribution in [3.8, 4) is 5.82 Å². The van der Waals surface area contributed by atoms with Crippen molar-refractivity contribution in [1.29, 1.82) is 0 Å². The van der Waals surface area contributed by atoms with Crippen LogP contribution in [-0.4, -0.2) is 45.8 Å². The highest BCUT2D eigenvalue weighted by atomic mass is 19.1. The van der Waals surface area contributed by atoms with Gasteiger partial charge in [-0.15, -0.1) is 0 Å². The summed E-state index contributed by atoms with van der Waals surface area (Å²) in [5.74, 6) is 0.276. The standard InChI is InChI=1S/C12H14FN5O/c1-9-7-18(8-15-9)11-10(13)6-14-12(16-11)17-2-4-19-5-3-17/h6-8H,2-5H2,1H3. The van der Waals surface area contributed by atoms with Gasteiger partial charge in [-0.25, -0.2) is 14.4 Å². The van der Waals surface area contributed by atoms with E-state index < -0.39 is 5.82 Å². The number of halogens is 1. The van der Waals surface area contributed by atoms with Crippen LogP contribution in [0.25, 0.3) is 5.82 Å².